The summed E-state index contributed by atoms with van der Waals surface area (Å²) in [6, 6.07) is 12.7. The Labute approximate surface area is 141 Å². The van der Waals surface area contributed by atoms with E-state index in [2.05, 4.69) is 4.98 Å². The Morgan fingerprint density at radius 1 is 1.21 bits per heavy atom. The van der Waals surface area contributed by atoms with E-state index in [4.69, 9.17) is 19.3 Å². The van der Waals surface area contributed by atoms with E-state index in [1.807, 2.05) is 31.2 Å². The number of benzene rings is 1. The lowest BCUT2D eigenvalue weighted by Gasteiger charge is -2.16. The summed E-state index contributed by atoms with van der Waals surface area (Å²) in [6.45, 7) is 2.62. The van der Waals surface area contributed by atoms with Crippen LogP contribution in [0.15, 0.2) is 42.5 Å². The summed E-state index contributed by atoms with van der Waals surface area (Å²) in [4.78, 5) is 15.2. The smallest absolute Gasteiger partial charge is 0.306 e. The number of nitrogens with zero attached hydrogens (tertiary/aromatic N) is 1. The fourth-order valence-corrected chi connectivity index (χ4v) is 2.22. The molecule has 2 rings (SSSR count). The highest BCUT2D eigenvalue weighted by molar-refractivity contribution is 5.67. The summed E-state index contributed by atoms with van der Waals surface area (Å²) in [5.41, 5.74) is 1.57. The molecule has 0 radical (unpaired) electrons. The first-order valence-electron chi connectivity index (χ1n) is 7.68. The fourth-order valence-electron chi connectivity index (χ4n) is 2.22. The molecule has 0 saturated carbocycles. The first-order valence-corrected chi connectivity index (χ1v) is 7.68. The van der Waals surface area contributed by atoms with Crippen molar-refractivity contribution in [3.8, 4) is 11.6 Å². The van der Waals surface area contributed by atoms with Gasteiger partial charge in [0.25, 0.3) is 0 Å². The zero-order valence-electron chi connectivity index (χ0n) is 13.8. The molecule has 1 aromatic carbocycles. The highest BCUT2D eigenvalue weighted by Crippen LogP contribution is 2.24. The summed E-state index contributed by atoms with van der Waals surface area (Å²) in [5, 5.41) is 8.96. The van der Waals surface area contributed by atoms with Crippen LogP contribution in [0, 0.1) is 0 Å². The molecule has 1 N–H and O–H groups in total. The lowest BCUT2D eigenvalue weighted by atomic mass is 10.1. The van der Waals surface area contributed by atoms with Gasteiger partial charge in [0, 0.05) is 12.7 Å². The van der Waals surface area contributed by atoms with Crippen LogP contribution in [0.3, 0.4) is 0 Å². The van der Waals surface area contributed by atoms with Gasteiger partial charge in [0.1, 0.15) is 12.4 Å². The van der Waals surface area contributed by atoms with Crippen molar-refractivity contribution >= 4 is 5.97 Å². The molecular formula is C18H21NO5. The highest BCUT2D eigenvalue weighted by Gasteiger charge is 2.15. The van der Waals surface area contributed by atoms with Gasteiger partial charge < -0.3 is 19.3 Å². The summed E-state index contributed by atoms with van der Waals surface area (Å²) in [5.74, 6) is 0.325. The van der Waals surface area contributed by atoms with E-state index in [1.165, 1.54) is 0 Å². The van der Waals surface area contributed by atoms with Crippen LogP contribution in [0.2, 0.25) is 0 Å². The van der Waals surface area contributed by atoms with Crippen molar-refractivity contribution in [2.75, 3.05) is 13.7 Å². The average molecular weight is 331 g/mol. The fraction of sp³-hybridized carbons (Fsp3) is 0.333. The van der Waals surface area contributed by atoms with E-state index in [0.29, 0.717) is 24.8 Å². The molecule has 1 atom stereocenters. The van der Waals surface area contributed by atoms with E-state index in [0.717, 1.165) is 11.3 Å². The molecule has 0 unspecified atom stereocenters. The maximum absolute atomic E-state index is 10.9. The van der Waals surface area contributed by atoms with Gasteiger partial charge in [0.05, 0.1) is 25.3 Å². The van der Waals surface area contributed by atoms with Crippen LogP contribution in [0.4, 0.5) is 0 Å². The number of carboxylic acids is 1. The van der Waals surface area contributed by atoms with Crippen molar-refractivity contribution in [2.24, 2.45) is 0 Å². The molecule has 128 valence electrons. The Hall–Kier alpha value is -2.60. The predicted molar refractivity (Wildman–Crippen MR) is 88.2 cm³/mol. The lowest BCUT2D eigenvalue weighted by molar-refractivity contribution is -0.140. The van der Waals surface area contributed by atoms with E-state index >= 15 is 0 Å². The van der Waals surface area contributed by atoms with Crippen molar-refractivity contribution in [2.45, 2.75) is 26.1 Å². The monoisotopic (exact) mass is 331 g/mol. The highest BCUT2D eigenvalue weighted by atomic mass is 16.5. The molecule has 1 heterocycles. The topological polar surface area (TPSA) is 77.9 Å². The number of methoxy groups -OCH3 is 1. The van der Waals surface area contributed by atoms with Crippen LogP contribution in [-0.2, 0) is 16.1 Å². The maximum Gasteiger partial charge on any atom is 0.306 e. The molecule has 0 spiro atoms. The minimum Gasteiger partial charge on any atom is -0.487 e. The molecule has 0 bridgehead atoms. The standard InChI is InChI=1S/C18H21NO5/c1-3-23-16(11-18(20)21)13-7-9-15(10-8-13)24-12-14-5-4-6-17(19-14)22-2/h4-10,16H,3,11-12H2,1-2H3,(H,20,21)/t16-/m0/s1. The van der Waals surface area contributed by atoms with E-state index in [-0.39, 0.29) is 6.42 Å². The number of aliphatic carboxylic acids is 1. The van der Waals surface area contributed by atoms with Gasteiger partial charge in [0.15, 0.2) is 0 Å². The number of ether oxygens (including phenoxy) is 3. The second-order valence-electron chi connectivity index (χ2n) is 5.07. The molecule has 6 heteroatoms. The Kier molecular flexibility index (Phi) is 6.57. The van der Waals surface area contributed by atoms with Crippen LogP contribution in [-0.4, -0.2) is 29.8 Å². The largest absolute Gasteiger partial charge is 0.487 e. The van der Waals surface area contributed by atoms with Gasteiger partial charge >= 0.3 is 5.97 Å². The number of pyridine rings is 1. The molecule has 0 aliphatic rings. The number of hydrogen-bond donors (Lipinski definition) is 1. The van der Waals surface area contributed by atoms with Crippen molar-refractivity contribution < 1.29 is 24.1 Å². The minimum absolute atomic E-state index is 0.0677. The second kappa shape index (κ2) is 8.88. The lowest BCUT2D eigenvalue weighted by Crippen LogP contribution is -2.10. The summed E-state index contributed by atoms with van der Waals surface area (Å²) >= 11 is 0. The molecular weight excluding hydrogens is 310 g/mol. The Bertz CT molecular complexity index is 657. The van der Waals surface area contributed by atoms with Gasteiger partial charge in [-0.2, -0.15) is 0 Å². The number of hydrogen-bond acceptors (Lipinski definition) is 5. The normalized spacial score (nSPS) is 11.8. The Morgan fingerprint density at radius 3 is 2.58 bits per heavy atom. The zero-order chi connectivity index (χ0) is 17.4. The second-order valence-corrected chi connectivity index (χ2v) is 5.07. The molecule has 0 amide bonds. The maximum atomic E-state index is 10.9. The first kappa shape index (κ1) is 17.7. The molecule has 0 saturated heterocycles. The van der Waals surface area contributed by atoms with Crippen LogP contribution in [0.5, 0.6) is 11.6 Å². The minimum atomic E-state index is -0.891. The van der Waals surface area contributed by atoms with Crippen LogP contribution < -0.4 is 9.47 Å². The third kappa shape index (κ3) is 5.24. The van der Waals surface area contributed by atoms with Gasteiger partial charge in [0.2, 0.25) is 5.88 Å². The summed E-state index contributed by atoms with van der Waals surface area (Å²) < 4.78 is 16.3. The molecule has 0 aliphatic carbocycles. The van der Waals surface area contributed by atoms with Gasteiger partial charge in [-0.15, -0.1) is 0 Å². The summed E-state index contributed by atoms with van der Waals surface area (Å²) in [7, 11) is 1.57. The summed E-state index contributed by atoms with van der Waals surface area (Å²) in [6.07, 6.45) is -0.525. The number of carboxylic acid groups (broad SMARTS) is 1. The third-order valence-corrected chi connectivity index (χ3v) is 3.36. The molecule has 0 aliphatic heterocycles. The van der Waals surface area contributed by atoms with Crippen LogP contribution in [0.1, 0.15) is 30.7 Å². The van der Waals surface area contributed by atoms with Gasteiger partial charge in [-0.05, 0) is 30.7 Å². The van der Waals surface area contributed by atoms with Crippen molar-refractivity contribution in [3.63, 3.8) is 0 Å². The number of carbonyl (C=O) groups is 1. The number of aromatic nitrogens is 1. The Morgan fingerprint density at radius 2 is 1.96 bits per heavy atom. The SMILES string of the molecule is CCO[C@@H](CC(=O)O)c1ccc(OCc2cccc(OC)n2)cc1. The van der Waals surface area contributed by atoms with Gasteiger partial charge in [-0.1, -0.05) is 18.2 Å². The molecule has 2 aromatic rings. The predicted octanol–water partition coefficient (Wildman–Crippen LogP) is 3.22. The first-order chi connectivity index (χ1) is 11.6. The van der Waals surface area contributed by atoms with Crippen molar-refractivity contribution in [1.29, 1.82) is 0 Å². The van der Waals surface area contributed by atoms with Gasteiger partial charge in [-0.3, -0.25) is 4.79 Å². The average Bonchev–Trinajstić information content (AvgIpc) is 2.60. The Balaban J connectivity index is 1.98. The molecule has 1 aromatic heterocycles. The van der Waals surface area contributed by atoms with Crippen LogP contribution in [0.25, 0.3) is 0 Å². The van der Waals surface area contributed by atoms with Crippen molar-refractivity contribution in [1.82, 2.24) is 4.98 Å². The molecule has 6 nitrogen and oxygen atoms in total. The number of rotatable bonds is 9. The van der Waals surface area contributed by atoms with E-state index in [9.17, 15) is 4.79 Å². The van der Waals surface area contributed by atoms with E-state index < -0.39 is 12.1 Å². The quantitative estimate of drug-likeness (QED) is 0.760. The zero-order valence-corrected chi connectivity index (χ0v) is 13.8. The van der Waals surface area contributed by atoms with Crippen LogP contribution >= 0.6 is 0 Å². The van der Waals surface area contributed by atoms with Crippen molar-refractivity contribution in [3.05, 3.63) is 53.7 Å². The van der Waals surface area contributed by atoms with Gasteiger partial charge in [-0.25, -0.2) is 4.98 Å². The molecule has 24 heavy (non-hydrogen) atoms. The molecule has 0 fully saturated rings. The van der Waals surface area contributed by atoms with E-state index in [1.54, 1.807) is 25.3 Å². The third-order valence-electron chi connectivity index (χ3n) is 3.36.